The summed E-state index contributed by atoms with van der Waals surface area (Å²) >= 11 is 0. The topological polar surface area (TPSA) is 42.7 Å². The molecule has 0 saturated carbocycles. The number of hydrogen-bond acceptors (Lipinski definition) is 4. The lowest BCUT2D eigenvalue weighted by atomic mass is 10.1. The van der Waals surface area contributed by atoms with E-state index in [2.05, 4.69) is 50.8 Å². The van der Waals surface area contributed by atoms with Crippen LogP contribution in [0, 0.1) is 0 Å². The Morgan fingerprint density at radius 3 is 2.76 bits per heavy atom. The van der Waals surface area contributed by atoms with E-state index >= 15 is 0 Å². The molecule has 1 aliphatic rings. The SMILES string of the molecule is COc1ccc(CN2CCC[C@@H]2c2ncn3cc(-c4cccnc4)ccc23)cc1. The van der Waals surface area contributed by atoms with Crippen molar-refractivity contribution < 1.29 is 4.74 Å². The molecule has 1 saturated heterocycles. The van der Waals surface area contributed by atoms with Crippen LogP contribution < -0.4 is 4.74 Å². The summed E-state index contributed by atoms with van der Waals surface area (Å²) in [5, 5.41) is 0. The molecule has 4 aromatic rings. The maximum atomic E-state index is 5.28. The Bertz CT molecular complexity index is 1100. The second-order valence-corrected chi connectivity index (χ2v) is 7.56. The third-order valence-electron chi connectivity index (χ3n) is 5.78. The Balaban J connectivity index is 1.41. The van der Waals surface area contributed by atoms with E-state index in [1.54, 1.807) is 13.3 Å². The van der Waals surface area contributed by atoms with Crippen molar-refractivity contribution in [2.24, 2.45) is 0 Å². The van der Waals surface area contributed by atoms with Gasteiger partial charge in [0.25, 0.3) is 0 Å². The molecule has 1 aromatic carbocycles. The number of benzene rings is 1. The van der Waals surface area contributed by atoms with Crippen molar-refractivity contribution in [3.05, 3.63) is 84.7 Å². The molecule has 1 aliphatic heterocycles. The van der Waals surface area contributed by atoms with Crippen LogP contribution in [0.15, 0.2) is 73.4 Å². The first kappa shape index (κ1) is 17.9. The third kappa shape index (κ3) is 3.49. The number of methoxy groups -OCH3 is 1. The van der Waals surface area contributed by atoms with Crippen molar-refractivity contribution >= 4 is 5.52 Å². The van der Waals surface area contributed by atoms with E-state index in [0.717, 1.165) is 36.4 Å². The Hall–Kier alpha value is -3.18. The molecule has 4 heterocycles. The predicted octanol–water partition coefficient (Wildman–Crippen LogP) is 4.74. The van der Waals surface area contributed by atoms with Gasteiger partial charge in [0, 0.05) is 30.7 Å². The summed E-state index contributed by atoms with van der Waals surface area (Å²) in [4.78, 5) is 11.6. The van der Waals surface area contributed by atoms with E-state index in [0.29, 0.717) is 6.04 Å². The molecule has 29 heavy (non-hydrogen) atoms. The van der Waals surface area contributed by atoms with Crippen LogP contribution in [0.1, 0.15) is 30.1 Å². The average molecular weight is 384 g/mol. The molecule has 5 nitrogen and oxygen atoms in total. The van der Waals surface area contributed by atoms with Gasteiger partial charge in [-0.1, -0.05) is 24.3 Å². The van der Waals surface area contributed by atoms with Crippen LogP contribution in [-0.2, 0) is 6.54 Å². The van der Waals surface area contributed by atoms with Crippen molar-refractivity contribution in [1.29, 1.82) is 0 Å². The second kappa shape index (κ2) is 7.68. The van der Waals surface area contributed by atoms with Gasteiger partial charge in [0.05, 0.1) is 30.7 Å². The molecule has 0 radical (unpaired) electrons. The van der Waals surface area contributed by atoms with Crippen LogP contribution in [-0.4, -0.2) is 32.9 Å². The van der Waals surface area contributed by atoms with Crippen LogP contribution in [0.25, 0.3) is 16.6 Å². The monoisotopic (exact) mass is 384 g/mol. The number of likely N-dealkylation sites (tertiary alicyclic amines) is 1. The van der Waals surface area contributed by atoms with Crippen LogP contribution >= 0.6 is 0 Å². The molecule has 0 bridgehead atoms. The van der Waals surface area contributed by atoms with Crippen molar-refractivity contribution in [3.8, 4) is 16.9 Å². The number of nitrogens with zero attached hydrogens (tertiary/aromatic N) is 4. The summed E-state index contributed by atoms with van der Waals surface area (Å²) in [7, 11) is 1.70. The zero-order valence-electron chi connectivity index (χ0n) is 16.5. The van der Waals surface area contributed by atoms with Crippen molar-refractivity contribution in [1.82, 2.24) is 19.3 Å². The van der Waals surface area contributed by atoms with Gasteiger partial charge in [-0.05, 0) is 54.8 Å². The first-order valence-electron chi connectivity index (χ1n) is 10.1. The normalized spacial score (nSPS) is 17.1. The van der Waals surface area contributed by atoms with Gasteiger partial charge in [0.1, 0.15) is 5.75 Å². The molecule has 146 valence electrons. The Morgan fingerprint density at radius 1 is 1.07 bits per heavy atom. The smallest absolute Gasteiger partial charge is 0.118 e. The molecule has 3 aromatic heterocycles. The lowest BCUT2D eigenvalue weighted by Gasteiger charge is -2.23. The maximum absolute atomic E-state index is 5.28. The molecule has 0 amide bonds. The summed E-state index contributed by atoms with van der Waals surface area (Å²) in [6.45, 7) is 2.03. The zero-order chi connectivity index (χ0) is 19.6. The van der Waals surface area contributed by atoms with Gasteiger partial charge in [-0.2, -0.15) is 0 Å². The summed E-state index contributed by atoms with van der Waals surface area (Å²) in [5.74, 6) is 0.899. The van der Waals surface area contributed by atoms with Crippen LogP contribution in [0.5, 0.6) is 5.75 Å². The minimum absolute atomic E-state index is 0.353. The zero-order valence-corrected chi connectivity index (χ0v) is 16.5. The Morgan fingerprint density at radius 2 is 1.97 bits per heavy atom. The molecule has 0 unspecified atom stereocenters. The summed E-state index contributed by atoms with van der Waals surface area (Å²) in [6, 6.07) is 17.1. The van der Waals surface area contributed by atoms with E-state index in [9.17, 15) is 0 Å². The van der Waals surface area contributed by atoms with E-state index in [4.69, 9.17) is 9.72 Å². The van der Waals surface area contributed by atoms with E-state index in [1.165, 1.54) is 23.2 Å². The van der Waals surface area contributed by atoms with Gasteiger partial charge < -0.3 is 9.14 Å². The average Bonchev–Trinajstić information content (AvgIpc) is 3.41. The van der Waals surface area contributed by atoms with E-state index in [-0.39, 0.29) is 0 Å². The summed E-state index contributed by atoms with van der Waals surface area (Å²) in [5.41, 5.74) is 5.93. The quantitative estimate of drug-likeness (QED) is 0.498. The number of fused-ring (bicyclic) bond motifs is 1. The minimum Gasteiger partial charge on any atom is -0.497 e. The summed E-state index contributed by atoms with van der Waals surface area (Å²) in [6.07, 6.45) is 10.1. The number of rotatable bonds is 5. The highest BCUT2D eigenvalue weighted by Gasteiger charge is 2.29. The van der Waals surface area contributed by atoms with Gasteiger partial charge in [0.15, 0.2) is 0 Å². The largest absolute Gasteiger partial charge is 0.497 e. The highest BCUT2D eigenvalue weighted by Crippen LogP contribution is 2.35. The molecule has 0 spiro atoms. The van der Waals surface area contributed by atoms with Gasteiger partial charge in [0.2, 0.25) is 0 Å². The van der Waals surface area contributed by atoms with Gasteiger partial charge >= 0.3 is 0 Å². The lowest BCUT2D eigenvalue weighted by molar-refractivity contribution is 0.246. The first-order valence-corrected chi connectivity index (χ1v) is 10.1. The van der Waals surface area contributed by atoms with Crippen molar-refractivity contribution in [2.75, 3.05) is 13.7 Å². The predicted molar refractivity (Wildman–Crippen MR) is 114 cm³/mol. The first-order chi connectivity index (χ1) is 14.3. The Kier molecular flexibility index (Phi) is 4.74. The van der Waals surface area contributed by atoms with Crippen LogP contribution in [0.2, 0.25) is 0 Å². The number of pyridine rings is 2. The molecule has 0 aliphatic carbocycles. The standard InChI is InChI=1S/C24H24N4O/c1-29-21-9-6-18(7-10-21)15-27-13-3-5-22(27)24-23-11-8-20(16-28(23)17-26-24)19-4-2-12-25-14-19/h2,4,6-12,14,16-17,22H,3,5,13,15H2,1H3/t22-/m1/s1. The molecular formula is C24H24N4O. The Labute approximate surface area is 170 Å². The van der Waals surface area contributed by atoms with Gasteiger partial charge in [-0.3, -0.25) is 9.88 Å². The highest BCUT2D eigenvalue weighted by molar-refractivity contribution is 5.66. The molecular weight excluding hydrogens is 360 g/mol. The number of imidazole rings is 1. The highest BCUT2D eigenvalue weighted by atomic mass is 16.5. The molecule has 1 fully saturated rings. The van der Waals surface area contributed by atoms with Crippen LogP contribution in [0.3, 0.4) is 0 Å². The van der Waals surface area contributed by atoms with Crippen molar-refractivity contribution in [3.63, 3.8) is 0 Å². The molecule has 5 rings (SSSR count). The lowest BCUT2D eigenvalue weighted by Crippen LogP contribution is -2.23. The van der Waals surface area contributed by atoms with Gasteiger partial charge in [-0.25, -0.2) is 4.98 Å². The second-order valence-electron chi connectivity index (χ2n) is 7.56. The third-order valence-corrected chi connectivity index (χ3v) is 5.78. The van der Waals surface area contributed by atoms with E-state index in [1.807, 2.05) is 30.7 Å². The molecule has 0 N–H and O–H groups in total. The molecule has 1 atom stereocenters. The fourth-order valence-corrected chi connectivity index (χ4v) is 4.27. The number of hydrogen-bond donors (Lipinski definition) is 0. The van der Waals surface area contributed by atoms with Gasteiger partial charge in [-0.15, -0.1) is 0 Å². The fourth-order valence-electron chi connectivity index (χ4n) is 4.27. The molecule has 5 heteroatoms. The van der Waals surface area contributed by atoms with Crippen LogP contribution in [0.4, 0.5) is 0 Å². The van der Waals surface area contributed by atoms with Crippen molar-refractivity contribution in [2.45, 2.75) is 25.4 Å². The number of ether oxygens (including phenoxy) is 1. The maximum Gasteiger partial charge on any atom is 0.118 e. The summed E-state index contributed by atoms with van der Waals surface area (Å²) < 4.78 is 7.42. The fraction of sp³-hybridized carbons (Fsp3) is 0.250. The number of aromatic nitrogens is 3. The minimum atomic E-state index is 0.353. The van der Waals surface area contributed by atoms with E-state index < -0.39 is 0 Å².